The minimum absolute atomic E-state index is 0.0581. The van der Waals surface area contributed by atoms with Crippen molar-refractivity contribution in [1.29, 1.82) is 0 Å². The molecule has 3 atom stereocenters. The van der Waals surface area contributed by atoms with Gasteiger partial charge in [0.15, 0.2) is 0 Å². The lowest BCUT2D eigenvalue weighted by atomic mass is 9.77. The predicted molar refractivity (Wildman–Crippen MR) is 83.5 cm³/mol. The molecular weight excluding hydrogens is 312 g/mol. The number of halogens is 2. The number of hydrogen-bond donors (Lipinski definition) is 1. The summed E-state index contributed by atoms with van der Waals surface area (Å²) in [6.07, 6.45) is 4.81. The Morgan fingerprint density at radius 2 is 1.92 bits per heavy atom. The van der Waals surface area contributed by atoms with Gasteiger partial charge < -0.3 is 15.2 Å². The molecule has 0 amide bonds. The zero-order chi connectivity index (χ0) is 16.8. The Balaban J connectivity index is 1.76. The Morgan fingerprint density at radius 3 is 2.62 bits per heavy atom. The van der Waals surface area contributed by atoms with Crippen LogP contribution in [0, 0.1) is 17.6 Å². The number of anilines is 1. The van der Waals surface area contributed by atoms with E-state index in [0.717, 1.165) is 18.1 Å². The molecule has 0 radical (unpaired) electrons. The lowest BCUT2D eigenvalue weighted by molar-refractivity contribution is -0.255. The van der Waals surface area contributed by atoms with Gasteiger partial charge in [0, 0.05) is 12.0 Å². The first-order valence-electron chi connectivity index (χ1n) is 7.78. The third-order valence-corrected chi connectivity index (χ3v) is 4.89. The van der Waals surface area contributed by atoms with Gasteiger partial charge in [-0.1, -0.05) is 36.4 Å². The maximum atomic E-state index is 14.2. The fraction of sp³-hybridized carbons (Fsp3) is 0.211. The monoisotopic (exact) mass is 326 g/mol. The number of nitrogens with one attached hydrogen (secondary N) is 1. The molecule has 0 saturated carbocycles. The number of carboxylic acids is 1. The van der Waals surface area contributed by atoms with Crippen LogP contribution in [0.3, 0.4) is 0 Å². The summed E-state index contributed by atoms with van der Waals surface area (Å²) in [4.78, 5) is 10.9. The third-order valence-electron chi connectivity index (χ3n) is 4.89. The quantitative estimate of drug-likeness (QED) is 0.863. The van der Waals surface area contributed by atoms with Gasteiger partial charge in [0.05, 0.1) is 17.7 Å². The van der Waals surface area contributed by atoms with Crippen LogP contribution in [0.25, 0.3) is 0 Å². The lowest BCUT2D eigenvalue weighted by Crippen LogP contribution is -2.30. The van der Waals surface area contributed by atoms with Crippen molar-refractivity contribution in [3.8, 4) is 0 Å². The Morgan fingerprint density at radius 1 is 1.17 bits per heavy atom. The molecule has 3 nitrogen and oxygen atoms in total. The Kier molecular flexibility index (Phi) is 3.37. The molecule has 4 rings (SSSR count). The second kappa shape index (κ2) is 5.44. The molecule has 0 aromatic heterocycles. The van der Waals surface area contributed by atoms with Crippen LogP contribution in [0.5, 0.6) is 0 Å². The summed E-state index contributed by atoms with van der Waals surface area (Å²) in [6, 6.07) is 8.48. The number of benzene rings is 2. The second-order valence-electron chi connectivity index (χ2n) is 6.24. The smallest absolute Gasteiger partial charge is 0.149 e. The topological polar surface area (TPSA) is 52.2 Å². The Bertz CT molecular complexity index is 845. The molecule has 0 unspecified atom stereocenters. The fourth-order valence-electron chi connectivity index (χ4n) is 3.78. The second-order valence-corrected chi connectivity index (χ2v) is 6.24. The van der Waals surface area contributed by atoms with Crippen molar-refractivity contribution in [2.75, 3.05) is 5.32 Å². The van der Waals surface area contributed by atoms with Gasteiger partial charge in [-0.3, -0.25) is 0 Å². The first kappa shape index (κ1) is 14.9. The van der Waals surface area contributed by atoms with Crippen molar-refractivity contribution < 1.29 is 18.7 Å². The standard InChI is InChI=1S/C19H15F2NO2/c20-12-8-15-13-2-1-3-14(13)17(22-18(15)16(21)9-12)10-4-6-11(7-5-10)19(23)24/h1-2,4-9,13-14,17,22H,3H2,(H,23,24)/p-1/t13-,14+,17-/m0/s1. The summed E-state index contributed by atoms with van der Waals surface area (Å²) in [5.41, 5.74) is 1.92. The molecule has 1 N–H and O–H groups in total. The van der Waals surface area contributed by atoms with Crippen molar-refractivity contribution in [2.24, 2.45) is 5.92 Å². The molecule has 1 aliphatic carbocycles. The molecule has 2 aliphatic rings. The summed E-state index contributed by atoms with van der Waals surface area (Å²) >= 11 is 0. The molecule has 24 heavy (non-hydrogen) atoms. The largest absolute Gasteiger partial charge is 0.545 e. The van der Waals surface area contributed by atoms with Crippen molar-refractivity contribution in [3.05, 3.63) is 76.9 Å². The van der Waals surface area contributed by atoms with Gasteiger partial charge in [-0.25, -0.2) is 8.78 Å². The number of carbonyl (C=O) groups excluding carboxylic acids is 1. The minimum Gasteiger partial charge on any atom is -0.545 e. The van der Waals surface area contributed by atoms with Crippen molar-refractivity contribution in [1.82, 2.24) is 0 Å². The zero-order valence-electron chi connectivity index (χ0n) is 12.6. The van der Waals surface area contributed by atoms with E-state index >= 15 is 0 Å². The Hall–Kier alpha value is -2.69. The van der Waals surface area contributed by atoms with E-state index in [1.807, 2.05) is 12.2 Å². The van der Waals surface area contributed by atoms with E-state index < -0.39 is 17.6 Å². The fourth-order valence-corrected chi connectivity index (χ4v) is 3.78. The maximum absolute atomic E-state index is 14.2. The number of carboxylic acid groups (broad SMARTS) is 1. The highest BCUT2D eigenvalue weighted by atomic mass is 19.1. The predicted octanol–water partition coefficient (Wildman–Crippen LogP) is 3.15. The van der Waals surface area contributed by atoms with E-state index in [-0.39, 0.29) is 23.4 Å². The highest BCUT2D eigenvalue weighted by molar-refractivity contribution is 5.85. The normalized spacial score (nSPS) is 24.2. The molecule has 2 aromatic rings. The van der Waals surface area contributed by atoms with Crippen LogP contribution >= 0.6 is 0 Å². The van der Waals surface area contributed by atoms with E-state index in [1.54, 1.807) is 12.1 Å². The van der Waals surface area contributed by atoms with Gasteiger partial charge in [-0.15, -0.1) is 0 Å². The molecular formula is C19H14F2NO2-. The van der Waals surface area contributed by atoms with E-state index in [2.05, 4.69) is 5.32 Å². The van der Waals surface area contributed by atoms with Gasteiger partial charge in [0.25, 0.3) is 0 Å². The summed E-state index contributed by atoms with van der Waals surface area (Å²) in [5, 5.41) is 14.1. The SMILES string of the molecule is O=C([O-])c1ccc([C@@H]2Nc3c(F)cc(F)cc3[C@H]3C=CC[C@H]32)cc1. The van der Waals surface area contributed by atoms with Crippen LogP contribution in [0.4, 0.5) is 14.5 Å². The molecule has 122 valence electrons. The summed E-state index contributed by atoms with van der Waals surface area (Å²) in [7, 11) is 0. The Labute approximate surface area is 137 Å². The third kappa shape index (κ3) is 2.28. The van der Waals surface area contributed by atoms with Gasteiger partial charge in [-0.2, -0.15) is 0 Å². The molecule has 0 bridgehead atoms. The van der Waals surface area contributed by atoms with E-state index in [1.165, 1.54) is 18.2 Å². The average Bonchev–Trinajstić information content (AvgIpc) is 3.04. The van der Waals surface area contributed by atoms with Crippen LogP contribution in [0.2, 0.25) is 0 Å². The first-order valence-corrected chi connectivity index (χ1v) is 7.78. The van der Waals surface area contributed by atoms with E-state index in [0.29, 0.717) is 11.3 Å². The van der Waals surface area contributed by atoms with E-state index in [9.17, 15) is 18.7 Å². The number of carbonyl (C=O) groups is 1. The number of rotatable bonds is 2. The highest BCUT2D eigenvalue weighted by Crippen LogP contribution is 2.50. The first-order chi connectivity index (χ1) is 11.5. The maximum Gasteiger partial charge on any atom is 0.149 e. The van der Waals surface area contributed by atoms with Crippen LogP contribution in [-0.4, -0.2) is 5.97 Å². The van der Waals surface area contributed by atoms with Gasteiger partial charge in [0.1, 0.15) is 11.6 Å². The zero-order valence-corrected chi connectivity index (χ0v) is 12.6. The lowest BCUT2D eigenvalue weighted by Gasteiger charge is -2.37. The molecule has 0 spiro atoms. The van der Waals surface area contributed by atoms with Crippen LogP contribution in [-0.2, 0) is 0 Å². The molecule has 1 aliphatic heterocycles. The van der Waals surface area contributed by atoms with Gasteiger partial charge >= 0.3 is 0 Å². The van der Waals surface area contributed by atoms with Crippen molar-refractivity contribution in [2.45, 2.75) is 18.4 Å². The van der Waals surface area contributed by atoms with Crippen molar-refractivity contribution >= 4 is 11.7 Å². The number of hydrogen-bond acceptors (Lipinski definition) is 3. The molecule has 5 heteroatoms. The molecule has 0 saturated heterocycles. The molecule has 2 aromatic carbocycles. The highest BCUT2D eigenvalue weighted by Gasteiger charge is 2.39. The molecule has 1 heterocycles. The summed E-state index contributed by atoms with van der Waals surface area (Å²) < 4.78 is 27.8. The summed E-state index contributed by atoms with van der Waals surface area (Å²) in [5.74, 6) is -2.35. The molecule has 0 fully saturated rings. The van der Waals surface area contributed by atoms with Crippen LogP contribution in [0.15, 0.2) is 48.6 Å². The van der Waals surface area contributed by atoms with Crippen LogP contribution < -0.4 is 10.4 Å². The summed E-state index contributed by atoms with van der Waals surface area (Å²) in [6.45, 7) is 0. The van der Waals surface area contributed by atoms with Gasteiger partial charge in [-0.05, 0) is 35.1 Å². The number of allylic oxidation sites excluding steroid dienone is 2. The van der Waals surface area contributed by atoms with Gasteiger partial charge in [0.2, 0.25) is 0 Å². The number of aromatic carboxylic acids is 1. The minimum atomic E-state index is -1.23. The van der Waals surface area contributed by atoms with E-state index in [4.69, 9.17) is 0 Å². The number of fused-ring (bicyclic) bond motifs is 3. The van der Waals surface area contributed by atoms with Crippen LogP contribution in [0.1, 0.15) is 39.9 Å². The van der Waals surface area contributed by atoms with Crippen molar-refractivity contribution in [3.63, 3.8) is 0 Å². The average molecular weight is 326 g/mol.